The lowest BCUT2D eigenvalue weighted by Gasteiger charge is -2.43. The van der Waals surface area contributed by atoms with Crippen LogP contribution in [0.25, 0.3) is 0 Å². The normalized spacial score (nSPS) is 26.9. The van der Waals surface area contributed by atoms with Crippen molar-refractivity contribution < 1.29 is 9.59 Å². The molecule has 0 N–H and O–H groups in total. The molecule has 0 aromatic heterocycles. The summed E-state index contributed by atoms with van der Waals surface area (Å²) in [4.78, 5) is 31.5. The molecule has 0 aliphatic carbocycles. The van der Waals surface area contributed by atoms with E-state index in [4.69, 9.17) is 0 Å². The van der Waals surface area contributed by atoms with Crippen LogP contribution >= 0.6 is 0 Å². The third kappa shape index (κ3) is 4.46. The topological polar surface area (TPSA) is 43.9 Å². The Morgan fingerprint density at radius 3 is 2.43 bits per heavy atom. The van der Waals surface area contributed by atoms with E-state index in [0.717, 1.165) is 39.3 Å². The fourth-order valence-corrected chi connectivity index (χ4v) is 3.84. The first-order valence-corrected chi connectivity index (χ1v) is 9.24. The molecule has 0 aromatic carbocycles. The molecule has 0 unspecified atom stereocenters. The minimum atomic E-state index is -0.0239. The summed E-state index contributed by atoms with van der Waals surface area (Å²) < 4.78 is 0. The van der Waals surface area contributed by atoms with Gasteiger partial charge in [0.25, 0.3) is 0 Å². The number of piperidine rings is 1. The third-order valence-electron chi connectivity index (χ3n) is 5.17. The van der Waals surface area contributed by atoms with E-state index in [1.165, 1.54) is 6.42 Å². The molecule has 132 valence electrons. The summed E-state index contributed by atoms with van der Waals surface area (Å²) in [5, 5.41) is 0. The van der Waals surface area contributed by atoms with E-state index in [1.54, 1.807) is 0 Å². The predicted octanol–water partition coefficient (Wildman–Crippen LogP) is 1.82. The number of piperazine rings is 1. The van der Waals surface area contributed by atoms with Crippen LogP contribution in [-0.2, 0) is 9.59 Å². The lowest BCUT2D eigenvalue weighted by molar-refractivity contribution is -0.148. The Morgan fingerprint density at radius 1 is 1.22 bits per heavy atom. The van der Waals surface area contributed by atoms with E-state index in [1.807, 2.05) is 9.80 Å². The molecule has 2 heterocycles. The van der Waals surface area contributed by atoms with Gasteiger partial charge >= 0.3 is 0 Å². The summed E-state index contributed by atoms with van der Waals surface area (Å²) >= 11 is 0. The average molecular weight is 323 g/mol. The van der Waals surface area contributed by atoms with Crippen LogP contribution in [0.3, 0.4) is 0 Å². The standard InChI is InChI=1S/C18H33N3O2/c1-5-8-19-9-11-20(12-10-19)18(23)16-6-7-17(22)21(15(16)4)13-14(2)3/h14-16H,5-13H2,1-4H3/t15-,16-/m1/s1. The maximum absolute atomic E-state index is 12.9. The zero-order chi connectivity index (χ0) is 17.0. The molecule has 2 aliphatic rings. The Bertz CT molecular complexity index is 416. The second-order valence-corrected chi connectivity index (χ2v) is 7.49. The van der Waals surface area contributed by atoms with Crippen molar-refractivity contribution in [3.63, 3.8) is 0 Å². The van der Waals surface area contributed by atoms with Crippen molar-refractivity contribution in [1.82, 2.24) is 14.7 Å². The van der Waals surface area contributed by atoms with E-state index < -0.39 is 0 Å². The smallest absolute Gasteiger partial charge is 0.227 e. The number of hydrogen-bond acceptors (Lipinski definition) is 3. The fourth-order valence-electron chi connectivity index (χ4n) is 3.84. The van der Waals surface area contributed by atoms with Crippen LogP contribution in [0.1, 0.15) is 47.0 Å². The number of nitrogens with zero attached hydrogens (tertiary/aromatic N) is 3. The average Bonchev–Trinajstić information content (AvgIpc) is 2.52. The van der Waals surface area contributed by atoms with Gasteiger partial charge in [0.05, 0.1) is 5.92 Å². The van der Waals surface area contributed by atoms with Crippen molar-refractivity contribution >= 4 is 11.8 Å². The van der Waals surface area contributed by atoms with Gasteiger partial charge in [-0.05, 0) is 32.2 Å². The second kappa shape index (κ2) is 8.13. The van der Waals surface area contributed by atoms with E-state index in [-0.39, 0.29) is 23.8 Å². The summed E-state index contributed by atoms with van der Waals surface area (Å²) in [7, 11) is 0. The molecule has 2 fully saturated rings. The van der Waals surface area contributed by atoms with Gasteiger partial charge in [0, 0.05) is 45.2 Å². The molecule has 2 saturated heterocycles. The lowest BCUT2D eigenvalue weighted by Crippen LogP contribution is -2.56. The largest absolute Gasteiger partial charge is 0.340 e. The molecule has 2 amide bonds. The van der Waals surface area contributed by atoms with E-state index >= 15 is 0 Å². The molecule has 5 nitrogen and oxygen atoms in total. The summed E-state index contributed by atoms with van der Waals surface area (Å²) in [6, 6.07) is 0.0276. The third-order valence-corrected chi connectivity index (χ3v) is 5.17. The van der Waals surface area contributed by atoms with Gasteiger partial charge in [0.15, 0.2) is 0 Å². The minimum Gasteiger partial charge on any atom is -0.340 e. The molecule has 2 rings (SSSR count). The van der Waals surface area contributed by atoms with Crippen molar-refractivity contribution in [3.8, 4) is 0 Å². The van der Waals surface area contributed by atoms with Gasteiger partial charge in [-0.1, -0.05) is 20.8 Å². The Balaban J connectivity index is 1.95. The van der Waals surface area contributed by atoms with Gasteiger partial charge in [-0.2, -0.15) is 0 Å². The molecule has 0 radical (unpaired) electrons. The Kier molecular flexibility index (Phi) is 6.45. The zero-order valence-corrected chi connectivity index (χ0v) is 15.3. The van der Waals surface area contributed by atoms with Crippen LogP contribution in [0.2, 0.25) is 0 Å². The monoisotopic (exact) mass is 323 g/mol. The van der Waals surface area contributed by atoms with E-state index in [9.17, 15) is 9.59 Å². The lowest BCUT2D eigenvalue weighted by atomic mass is 9.87. The maximum atomic E-state index is 12.9. The molecule has 5 heteroatoms. The predicted molar refractivity (Wildman–Crippen MR) is 92.0 cm³/mol. The first kappa shape index (κ1) is 18.2. The second-order valence-electron chi connectivity index (χ2n) is 7.49. The SMILES string of the molecule is CCCN1CCN(C(=O)[C@@H]2CCC(=O)N(CC(C)C)[C@@H]2C)CC1. The number of amides is 2. The molecule has 2 atom stereocenters. The Morgan fingerprint density at radius 2 is 1.87 bits per heavy atom. The number of likely N-dealkylation sites (tertiary alicyclic amines) is 1. The van der Waals surface area contributed by atoms with Crippen LogP contribution in [-0.4, -0.2) is 71.8 Å². The molecule has 0 spiro atoms. The Labute approximate surface area is 141 Å². The van der Waals surface area contributed by atoms with Gasteiger partial charge in [0.2, 0.25) is 11.8 Å². The molecular formula is C18H33N3O2. The molecule has 2 aliphatic heterocycles. The van der Waals surface area contributed by atoms with Crippen LogP contribution in [0.4, 0.5) is 0 Å². The number of hydrogen-bond donors (Lipinski definition) is 0. The van der Waals surface area contributed by atoms with Crippen molar-refractivity contribution in [1.29, 1.82) is 0 Å². The summed E-state index contributed by atoms with van der Waals surface area (Å²) in [6.45, 7) is 14.0. The number of carbonyl (C=O) groups excluding carboxylic acids is 2. The molecule has 23 heavy (non-hydrogen) atoms. The molecule has 0 bridgehead atoms. The molecular weight excluding hydrogens is 290 g/mol. The fraction of sp³-hybridized carbons (Fsp3) is 0.889. The van der Waals surface area contributed by atoms with Crippen LogP contribution in [0.5, 0.6) is 0 Å². The van der Waals surface area contributed by atoms with Crippen molar-refractivity contribution in [2.75, 3.05) is 39.3 Å². The zero-order valence-electron chi connectivity index (χ0n) is 15.3. The first-order chi connectivity index (χ1) is 10.9. The van der Waals surface area contributed by atoms with Gasteiger partial charge in [0.1, 0.15) is 0 Å². The van der Waals surface area contributed by atoms with Crippen molar-refractivity contribution in [2.24, 2.45) is 11.8 Å². The highest BCUT2D eigenvalue weighted by molar-refractivity contribution is 5.84. The molecule has 0 saturated carbocycles. The van der Waals surface area contributed by atoms with Crippen molar-refractivity contribution in [3.05, 3.63) is 0 Å². The van der Waals surface area contributed by atoms with Crippen LogP contribution < -0.4 is 0 Å². The van der Waals surface area contributed by atoms with Gasteiger partial charge < -0.3 is 9.80 Å². The Hall–Kier alpha value is -1.10. The van der Waals surface area contributed by atoms with Gasteiger partial charge in [-0.15, -0.1) is 0 Å². The van der Waals surface area contributed by atoms with E-state index in [2.05, 4.69) is 32.6 Å². The van der Waals surface area contributed by atoms with Crippen LogP contribution in [0.15, 0.2) is 0 Å². The van der Waals surface area contributed by atoms with Crippen molar-refractivity contribution in [2.45, 2.75) is 53.0 Å². The minimum absolute atomic E-state index is 0.0239. The highest BCUT2D eigenvalue weighted by atomic mass is 16.2. The van der Waals surface area contributed by atoms with Crippen LogP contribution in [0, 0.1) is 11.8 Å². The number of carbonyl (C=O) groups is 2. The van der Waals surface area contributed by atoms with Gasteiger partial charge in [-0.25, -0.2) is 0 Å². The quantitative estimate of drug-likeness (QED) is 0.775. The van der Waals surface area contributed by atoms with Gasteiger partial charge in [-0.3, -0.25) is 14.5 Å². The summed E-state index contributed by atoms with van der Waals surface area (Å²) in [6.07, 6.45) is 2.39. The summed E-state index contributed by atoms with van der Waals surface area (Å²) in [5.41, 5.74) is 0. The molecule has 0 aromatic rings. The summed E-state index contributed by atoms with van der Waals surface area (Å²) in [5.74, 6) is 0.884. The van der Waals surface area contributed by atoms with E-state index in [0.29, 0.717) is 18.8 Å². The highest BCUT2D eigenvalue weighted by Crippen LogP contribution is 2.27. The maximum Gasteiger partial charge on any atom is 0.227 e. The number of rotatable bonds is 5. The highest BCUT2D eigenvalue weighted by Gasteiger charge is 2.39. The first-order valence-electron chi connectivity index (χ1n) is 9.24.